The molecule has 0 bridgehead atoms. The number of nitrogens with zero attached hydrogens (tertiary/aromatic N) is 1. The standard InChI is InChI=1S/C9H6Br2N2OS2/c10-5-3-6(16-8(5)11)9(14)13-4-7-12-1-2-15-7/h1-3H,4H2,(H,13,14). The highest BCUT2D eigenvalue weighted by Crippen LogP contribution is 2.32. The third-order valence-electron chi connectivity index (χ3n) is 1.75. The smallest absolute Gasteiger partial charge is 0.261 e. The number of nitrogens with one attached hydrogen (secondary N) is 1. The molecule has 16 heavy (non-hydrogen) atoms. The van der Waals surface area contributed by atoms with E-state index in [-0.39, 0.29) is 5.91 Å². The summed E-state index contributed by atoms with van der Waals surface area (Å²) in [6.45, 7) is 0.476. The zero-order valence-corrected chi connectivity index (χ0v) is 12.7. The van der Waals surface area contributed by atoms with Gasteiger partial charge in [-0.05, 0) is 37.9 Å². The van der Waals surface area contributed by atoms with Crippen molar-refractivity contribution in [2.45, 2.75) is 6.54 Å². The summed E-state index contributed by atoms with van der Waals surface area (Å²) >= 11 is 9.63. The predicted octanol–water partition coefficient (Wildman–Crippen LogP) is 3.66. The molecule has 2 heterocycles. The topological polar surface area (TPSA) is 42.0 Å². The molecule has 0 saturated carbocycles. The van der Waals surface area contributed by atoms with Crippen LogP contribution in [-0.4, -0.2) is 10.9 Å². The van der Waals surface area contributed by atoms with Crippen LogP contribution in [0.15, 0.2) is 25.9 Å². The Balaban J connectivity index is 1.98. The SMILES string of the molecule is O=C(NCc1nccs1)c1cc(Br)c(Br)s1. The summed E-state index contributed by atoms with van der Waals surface area (Å²) in [5, 5.41) is 5.61. The first-order chi connectivity index (χ1) is 7.66. The van der Waals surface area contributed by atoms with Crippen LogP contribution in [0, 0.1) is 0 Å². The molecule has 0 aromatic carbocycles. The number of aromatic nitrogens is 1. The first-order valence-electron chi connectivity index (χ1n) is 4.28. The van der Waals surface area contributed by atoms with Gasteiger partial charge >= 0.3 is 0 Å². The minimum Gasteiger partial charge on any atom is -0.345 e. The molecule has 0 unspecified atom stereocenters. The summed E-state index contributed by atoms with van der Waals surface area (Å²) in [4.78, 5) is 16.5. The molecule has 0 spiro atoms. The summed E-state index contributed by atoms with van der Waals surface area (Å²) in [5.41, 5.74) is 0. The van der Waals surface area contributed by atoms with E-state index in [0.29, 0.717) is 11.4 Å². The van der Waals surface area contributed by atoms with E-state index < -0.39 is 0 Å². The van der Waals surface area contributed by atoms with Crippen molar-refractivity contribution < 1.29 is 4.79 Å². The van der Waals surface area contributed by atoms with Crippen molar-refractivity contribution in [2.24, 2.45) is 0 Å². The van der Waals surface area contributed by atoms with E-state index in [1.807, 2.05) is 5.38 Å². The predicted molar refractivity (Wildman–Crippen MR) is 73.0 cm³/mol. The Morgan fingerprint density at radius 3 is 2.88 bits per heavy atom. The lowest BCUT2D eigenvalue weighted by atomic mass is 10.4. The fourth-order valence-corrected chi connectivity index (χ4v) is 3.55. The van der Waals surface area contributed by atoms with Gasteiger partial charge in [0.1, 0.15) is 5.01 Å². The minimum atomic E-state index is -0.0772. The van der Waals surface area contributed by atoms with Crippen molar-refractivity contribution in [1.29, 1.82) is 0 Å². The van der Waals surface area contributed by atoms with Crippen LogP contribution < -0.4 is 5.32 Å². The van der Waals surface area contributed by atoms with E-state index in [4.69, 9.17) is 0 Å². The maximum Gasteiger partial charge on any atom is 0.261 e. The van der Waals surface area contributed by atoms with Crippen LogP contribution in [0.3, 0.4) is 0 Å². The van der Waals surface area contributed by atoms with Gasteiger partial charge in [-0.15, -0.1) is 22.7 Å². The second-order valence-electron chi connectivity index (χ2n) is 2.84. The molecular formula is C9H6Br2N2OS2. The highest BCUT2D eigenvalue weighted by molar-refractivity contribution is 9.13. The molecule has 3 nitrogen and oxygen atoms in total. The molecular weight excluding hydrogens is 376 g/mol. The monoisotopic (exact) mass is 380 g/mol. The van der Waals surface area contributed by atoms with Gasteiger partial charge in [-0.25, -0.2) is 4.98 Å². The second kappa shape index (κ2) is 5.39. The molecule has 0 aliphatic carbocycles. The molecule has 7 heteroatoms. The second-order valence-corrected chi connectivity index (χ2v) is 7.04. The Bertz CT molecular complexity index is 476. The number of thiazole rings is 1. The number of thiophene rings is 1. The zero-order valence-electron chi connectivity index (χ0n) is 7.87. The van der Waals surface area contributed by atoms with Crippen LogP contribution in [0.2, 0.25) is 0 Å². The molecule has 1 amide bonds. The highest BCUT2D eigenvalue weighted by Gasteiger charge is 2.11. The van der Waals surface area contributed by atoms with Crippen LogP contribution in [-0.2, 0) is 6.54 Å². The van der Waals surface area contributed by atoms with Gasteiger partial charge in [0.15, 0.2) is 0 Å². The summed E-state index contributed by atoms with van der Waals surface area (Å²) in [7, 11) is 0. The Kier molecular flexibility index (Phi) is 4.12. The van der Waals surface area contributed by atoms with E-state index >= 15 is 0 Å². The first kappa shape index (κ1) is 12.2. The molecule has 84 valence electrons. The maximum atomic E-state index is 11.7. The van der Waals surface area contributed by atoms with Gasteiger partial charge in [0, 0.05) is 16.0 Å². The van der Waals surface area contributed by atoms with Crippen LogP contribution in [0.25, 0.3) is 0 Å². The van der Waals surface area contributed by atoms with Crippen molar-refractivity contribution in [3.8, 4) is 0 Å². The van der Waals surface area contributed by atoms with Gasteiger partial charge in [-0.3, -0.25) is 4.79 Å². The molecule has 2 aromatic rings. The third-order valence-corrected chi connectivity index (χ3v) is 5.79. The van der Waals surface area contributed by atoms with Crippen LogP contribution in [0.4, 0.5) is 0 Å². The third kappa shape index (κ3) is 2.91. The number of amides is 1. The zero-order chi connectivity index (χ0) is 11.5. The Hall–Kier alpha value is -0.240. The van der Waals surface area contributed by atoms with E-state index in [0.717, 1.165) is 13.3 Å². The maximum absolute atomic E-state index is 11.7. The van der Waals surface area contributed by atoms with Gasteiger partial charge in [-0.1, -0.05) is 0 Å². The van der Waals surface area contributed by atoms with Gasteiger partial charge < -0.3 is 5.32 Å². The summed E-state index contributed by atoms with van der Waals surface area (Å²) in [6.07, 6.45) is 1.73. The van der Waals surface area contributed by atoms with Crippen molar-refractivity contribution in [2.75, 3.05) is 0 Å². The van der Waals surface area contributed by atoms with Crippen molar-refractivity contribution in [3.05, 3.63) is 35.8 Å². The first-order valence-corrected chi connectivity index (χ1v) is 7.56. The van der Waals surface area contributed by atoms with E-state index in [2.05, 4.69) is 42.2 Å². The normalized spacial score (nSPS) is 10.4. The average molecular weight is 382 g/mol. The molecule has 0 saturated heterocycles. The van der Waals surface area contributed by atoms with Crippen LogP contribution in [0.5, 0.6) is 0 Å². The van der Waals surface area contributed by atoms with Crippen molar-refractivity contribution in [3.63, 3.8) is 0 Å². The van der Waals surface area contributed by atoms with Gasteiger partial charge in [0.25, 0.3) is 5.91 Å². The molecule has 2 rings (SSSR count). The Morgan fingerprint density at radius 1 is 1.50 bits per heavy atom. The van der Waals surface area contributed by atoms with E-state index in [1.165, 1.54) is 22.7 Å². The van der Waals surface area contributed by atoms with Crippen LogP contribution >= 0.6 is 54.5 Å². The van der Waals surface area contributed by atoms with Crippen LogP contribution in [0.1, 0.15) is 14.7 Å². The molecule has 0 fully saturated rings. The molecule has 0 atom stereocenters. The lowest BCUT2D eigenvalue weighted by Crippen LogP contribution is -2.21. The lowest BCUT2D eigenvalue weighted by molar-refractivity contribution is 0.0955. The number of carbonyl (C=O) groups excluding carboxylic acids is 1. The minimum absolute atomic E-state index is 0.0772. The summed E-state index contributed by atoms with van der Waals surface area (Å²) in [6, 6.07) is 1.80. The molecule has 0 aliphatic rings. The summed E-state index contributed by atoms with van der Waals surface area (Å²) in [5.74, 6) is -0.0772. The van der Waals surface area contributed by atoms with Gasteiger partial charge in [0.05, 0.1) is 15.2 Å². The quantitative estimate of drug-likeness (QED) is 0.881. The molecule has 0 aliphatic heterocycles. The fourth-order valence-electron chi connectivity index (χ4n) is 1.04. The number of halogens is 2. The van der Waals surface area contributed by atoms with Crippen molar-refractivity contribution in [1.82, 2.24) is 10.3 Å². The Morgan fingerprint density at radius 2 is 2.31 bits per heavy atom. The van der Waals surface area contributed by atoms with Gasteiger partial charge in [-0.2, -0.15) is 0 Å². The molecule has 2 aromatic heterocycles. The Labute approximate surface area is 117 Å². The number of hydrogen-bond donors (Lipinski definition) is 1. The lowest BCUT2D eigenvalue weighted by Gasteiger charge is -1.99. The highest BCUT2D eigenvalue weighted by atomic mass is 79.9. The number of rotatable bonds is 3. The van der Waals surface area contributed by atoms with Gasteiger partial charge in [0.2, 0.25) is 0 Å². The number of hydrogen-bond acceptors (Lipinski definition) is 4. The number of carbonyl (C=O) groups is 1. The molecule has 1 N–H and O–H groups in total. The average Bonchev–Trinajstić information content (AvgIpc) is 2.86. The van der Waals surface area contributed by atoms with E-state index in [1.54, 1.807) is 12.3 Å². The fraction of sp³-hybridized carbons (Fsp3) is 0.111. The summed E-state index contributed by atoms with van der Waals surface area (Å²) < 4.78 is 1.82. The largest absolute Gasteiger partial charge is 0.345 e. The van der Waals surface area contributed by atoms with E-state index in [9.17, 15) is 4.79 Å². The van der Waals surface area contributed by atoms with Crippen molar-refractivity contribution >= 4 is 60.4 Å². The molecule has 0 radical (unpaired) electrons.